The van der Waals surface area contributed by atoms with E-state index in [1.807, 2.05) is 29.6 Å². The molecule has 0 fully saturated rings. The Labute approximate surface area is 127 Å². The first-order chi connectivity index (χ1) is 9.72. The number of furan rings is 1. The minimum atomic E-state index is -0.285. The summed E-state index contributed by atoms with van der Waals surface area (Å²) < 4.78 is 5.74. The van der Waals surface area contributed by atoms with Crippen LogP contribution in [0.25, 0.3) is 10.6 Å². The van der Waals surface area contributed by atoms with Crippen LogP contribution in [0.3, 0.4) is 0 Å². The van der Waals surface area contributed by atoms with E-state index in [1.54, 1.807) is 29.7 Å². The van der Waals surface area contributed by atoms with Gasteiger partial charge >= 0.3 is 0 Å². The van der Waals surface area contributed by atoms with Crippen molar-refractivity contribution in [3.05, 3.63) is 58.4 Å². The molecule has 0 radical (unpaired) electrons. The Morgan fingerprint density at radius 3 is 2.90 bits per heavy atom. The molecule has 2 aromatic heterocycles. The number of carbonyl (C=O) groups is 1. The van der Waals surface area contributed by atoms with Gasteiger partial charge in [-0.05, 0) is 40.2 Å². The van der Waals surface area contributed by atoms with Crippen LogP contribution < -0.4 is 5.32 Å². The number of hydrogen-bond acceptors (Lipinski definition) is 4. The highest BCUT2D eigenvalue weighted by Gasteiger charge is 2.11. The quantitative estimate of drug-likeness (QED) is 0.762. The van der Waals surface area contributed by atoms with Gasteiger partial charge in [0.1, 0.15) is 5.01 Å². The fourth-order valence-corrected chi connectivity index (χ4v) is 2.67. The third-order valence-corrected chi connectivity index (χ3v) is 3.85. The van der Waals surface area contributed by atoms with Crippen LogP contribution in [-0.4, -0.2) is 10.9 Å². The Balaban J connectivity index is 1.81. The molecule has 0 bridgehead atoms. The lowest BCUT2D eigenvalue weighted by Crippen LogP contribution is -2.10. The molecule has 6 heteroatoms. The number of rotatable bonds is 3. The molecule has 1 N–H and O–H groups in total. The second-order valence-electron chi connectivity index (χ2n) is 3.98. The van der Waals surface area contributed by atoms with E-state index in [0.29, 0.717) is 10.4 Å². The molecule has 0 saturated heterocycles. The Morgan fingerprint density at radius 1 is 1.30 bits per heavy atom. The Morgan fingerprint density at radius 2 is 2.20 bits per heavy atom. The van der Waals surface area contributed by atoms with Crippen molar-refractivity contribution in [2.75, 3.05) is 5.32 Å². The van der Waals surface area contributed by atoms with E-state index in [2.05, 4.69) is 26.2 Å². The van der Waals surface area contributed by atoms with Gasteiger partial charge in [0.15, 0.2) is 10.4 Å². The van der Waals surface area contributed by atoms with Gasteiger partial charge in [-0.25, -0.2) is 4.98 Å². The molecule has 0 aliphatic heterocycles. The van der Waals surface area contributed by atoms with E-state index >= 15 is 0 Å². The van der Waals surface area contributed by atoms with Gasteiger partial charge in [-0.3, -0.25) is 4.79 Å². The topological polar surface area (TPSA) is 55.1 Å². The molecule has 2 heterocycles. The number of nitrogens with one attached hydrogen (secondary N) is 1. The zero-order valence-electron chi connectivity index (χ0n) is 10.2. The van der Waals surface area contributed by atoms with Crippen LogP contribution in [0.1, 0.15) is 10.6 Å². The summed E-state index contributed by atoms with van der Waals surface area (Å²) in [4.78, 5) is 16.2. The average molecular weight is 349 g/mol. The zero-order chi connectivity index (χ0) is 13.9. The van der Waals surface area contributed by atoms with E-state index in [9.17, 15) is 4.79 Å². The van der Waals surface area contributed by atoms with Crippen LogP contribution in [0.4, 0.5) is 5.69 Å². The number of aromatic nitrogens is 1. The van der Waals surface area contributed by atoms with Gasteiger partial charge in [-0.1, -0.05) is 12.1 Å². The largest absolute Gasteiger partial charge is 0.444 e. The van der Waals surface area contributed by atoms with Crippen LogP contribution >= 0.6 is 27.3 Å². The molecule has 0 aliphatic carbocycles. The fraction of sp³-hybridized carbons (Fsp3) is 0. The highest BCUT2D eigenvalue weighted by molar-refractivity contribution is 9.10. The van der Waals surface area contributed by atoms with Gasteiger partial charge in [0.2, 0.25) is 0 Å². The number of benzene rings is 1. The summed E-state index contributed by atoms with van der Waals surface area (Å²) in [5.74, 6) is -0.0245. The maximum absolute atomic E-state index is 12.0. The van der Waals surface area contributed by atoms with Crippen LogP contribution in [-0.2, 0) is 0 Å². The number of anilines is 1. The van der Waals surface area contributed by atoms with Crippen molar-refractivity contribution >= 4 is 38.9 Å². The molecular formula is C14H9BrN2O2S. The maximum Gasteiger partial charge on any atom is 0.291 e. The summed E-state index contributed by atoms with van der Waals surface area (Å²) in [6.45, 7) is 0. The number of halogens is 1. The lowest BCUT2D eigenvalue weighted by atomic mass is 10.2. The monoisotopic (exact) mass is 348 g/mol. The minimum absolute atomic E-state index is 0.261. The molecule has 0 atom stereocenters. The number of nitrogens with zero attached hydrogens (tertiary/aromatic N) is 1. The second-order valence-corrected chi connectivity index (χ2v) is 5.65. The summed E-state index contributed by atoms with van der Waals surface area (Å²) in [6.07, 6.45) is 1.76. The lowest BCUT2D eigenvalue weighted by molar-refractivity contribution is 0.0995. The summed E-state index contributed by atoms with van der Waals surface area (Å²) in [5, 5.41) is 5.63. The molecule has 4 nitrogen and oxygen atoms in total. The van der Waals surface area contributed by atoms with Crippen molar-refractivity contribution in [2.45, 2.75) is 0 Å². The predicted molar refractivity (Wildman–Crippen MR) is 81.9 cm³/mol. The Hall–Kier alpha value is -1.92. The molecule has 3 aromatic rings. The van der Waals surface area contributed by atoms with Gasteiger partial charge in [0.25, 0.3) is 5.91 Å². The first kappa shape index (κ1) is 13.1. The average Bonchev–Trinajstić information content (AvgIpc) is 3.10. The molecule has 20 heavy (non-hydrogen) atoms. The van der Waals surface area contributed by atoms with E-state index in [4.69, 9.17) is 4.42 Å². The van der Waals surface area contributed by atoms with Gasteiger partial charge in [0.05, 0.1) is 0 Å². The molecule has 100 valence electrons. The third-order valence-electron chi connectivity index (χ3n) is 2.60. The Kier molecular flexibility index (Phi) is 3.66. The molecule has 0 spiro atoms. The molecule has 1 amide bonds. The number of thiazole rings is 1. The molecule has 0 saturated carbocycles. The highest BCUT2D eigenvalue weighted by atomic mass is 79.9. The summed E-state index contributed by atoms with van der Waals surface area (Å²) in [7, 11) is 0. The minimum Gasteiger partial charge on any atom is -0.444 e. The van der Waals surface area contributed by atoms with E-state index < -0.39 is 0 Å². The fourth-order valence-electron chi connectivity index (χ4n) is 1.73. The van der Waals surface area contributed by atoms with Crippen LogP contribution in [0.5, 0.6) is 0 Å². The second kappa shape index (κ2) is 5.60. The van der Waals surface area contributed by atoms with Gasteiger partial charge in [0, 0.05) is 22.8 Å². The summed E-state index contributed by atoms with van der Waals surface area (Å²) in [5.41, 5.74) is 1.67. The van der Waals surface area contributed by atoms with Crippen molar-refractivity contribution < 1.29 is 9.21 Å². The maximum atomic E-state index is 12.0. The standard InChI is InChI=1S/C14H9BrN2O2S/c15-12-5-4-11(19-12)13(18)17-10-3-1-2-9(8-10)14-16-6-7-20-14/h1-8H,(H,17,18). The molecule has 1 aromatic carbocycles. The van der Waals surface area contributed by atoms with E-state index in [0.717, 1.165) is 10.6 Å². The predicted octanol–water partition coefficient (Wildman–Crippen LogP) is 4.42. The van der Waals surface area contributed by atoms with Crippen molar-refractivity contribution in [1.29, 1.82) is 0 Å². The highest BCUT2D eigenvalue weighted by Crippen LogP contribution is 2.25. The summed E-state index contributed by atoms with van der Waals surface area (Å²) in [6, 6.07) is 10.8. The first-order valence-corrected chi connectivity index (χ1v) is 7.46. The van der Waals surface area contributed by atoms with Gasteiger partial charge < -0.3 is 9.73 Å². The summed E-state index contributed by atoms with van der Waals surface area (Å²) >= 11 is 4.72. The van der Waals surface area contributed by atoms with Gasteiger partial charge in [-0.2, -0.15) is 0 Å². The van der Waals surface area contributed by atoms with E-state index in [1.165, 1.54) is 0 Å². The lowest BCUT2D eigenvalue weighted by Gasteiger charge is -2.04. The van der Waals surface area contributed by atoms with Gasteiger partial charge in [-0.15, -0.1) is 11.3 Å². The number of hydrogen-bond donors (Lipinski definition) is 1. The molecule has 0 unspecified atom stereocenters. The van der Waals surface area contributed by atoms with E-state index in [-0.39, 0.29) is 11.7 Å². The van der Waals surface area contributed by atoms with Crippen LogP contribution in [0.15, 0.2) is 57.1 Å². The van der Waals surface area contributed by atoms with Crippen molar-refractivity contribution in [3.8, 4) is 10.6 Å². The zero-order valence-corrected chi connectivity index (χ0v) is 12.6. The molecular weight excluding hydrogens is 340 g/mol. The molecule has 3 rings (SSSR count). The number of carbonyl (C=O) groups excluding carboxylic acids is 1. The van der Waals surface area contributed by atoms with Crippen LogP contribution in [0, 0.1) is 0 Å². The first-order valence-electron chi connectivity index (χ1n) is 5.79. The SMILES string of the molecule is O=C(Nc1cccc(-c2nccs2)c1)c1ccc(Br)o1. The Bertz CT molecular complexity index is 737. The van der Waals surface area contributed by atoms with Crippen LogP contribution in [0.2, 0.25) is 0 Å². The van der Waals surface area contributed by atoms with Crippen molar-refractivity contribution in [2.24, 2.45) is 0 Å². The van der Waals surface area contributed by atoms with Crippen molar-refractivity contribution in [1.82, 2.24) is 4.98 Å². The number of amides is 1. The van der Waals surface area contributed by atoms with Crippen molar-refractivity contribution in [3.63, 3.8) is 0 Å². The normalized spacial score (nSPS) is 10.4. The molecule has 0 aliphatic rings. The third kappa shape index (κ3) is 2.81. The smallest absolute Gasteiger partial charge is 0.291 e.